The number of nitrogens with one attached hydrogen (secondary N) is 1. The molecule has 2 heterocycles. The Morgan fingerprint density at radius 1 is 1.40 bits per heavy atom. The standard InChI is InChI=1S/C13H14BrN3O3/c1-7(15-2)3-11-16-13(20-17-11)8-4-9(14)12-10(5-8)18-6-19-12/h4-5,7,15H,3,6H2,1-2H3. The molecule has 106 valence electrons. The average molecular weight is 340 g/mol. The SMILES string of the molecule is CNC(C)Cc1noc(-c2cc(Br)c3c(c2)OCO3)n1. The predicted octanol–water partition coefficient (Wildman–Crippen LogP) is 2.38. The summed E-state index contributed by atoms with van der Waals surface area (Å²) in [4.78, 5) is 4.40. The second-order valence-corrected chi connectivity index (χ2v) is 5.46. The fourth-order valence-corrected chi connectivity index (χ4v) is 2.48. The summed E-state index contributed by atoms with van der Waals surface area (Å²) in [5.74, 6) is 2.54. The molecule has 0 spiro atoms. The molecule has 1 aliphatic rings. The first kappa shape index (κ1) is 13.4. The van der Waals surface area contributed by atoms with Crippen LogP contribution >= 0.6 is 15.9 Å². The minimum absolute atomic E-state index is 0.228. The van der Waals surface area contributed by atoms with Gasteiger partial charge in [0, 0.05) is 18.0 Å². The van der Waals surface area contributed by atoms with Crippen molar-refractivity contribution in [3.05, 3.63) is 22.4 Å². The van der Waals surface area contributed by atoms with Crippen molar-refractivity contribution in [3.8, 4) is 23.0 Å². The number of hydrogen-bond acceptors (Lipinski definition) is 6. The molecule has 0 fully saturated rings. The van der Waals surface area contributed by atoms with E-state index < -0.39 is 0 Å². The van der Waals surface area contributed by atoms with Gasteiger partial charge >= 0.3 is 0 Å². The number of hydrogen-bond donors (Lipinski definition) is 1. The van der Waals surface area contributed by atoms with Crippen LogP contribution in [0.3, 0.4) is 0 Å². The van der Waals surface area contributed by atoms with Crippen molar-refractivity contribution in [1.82, 2.24) is 15.5 Å². The number of benzene rings is 1. The first-order chi connectivity index (χ1) is 9.67. The molecule has 1 atom stereocenters. The van der Waals surface area contributed by atoms with Gasteiger partial charge in [-0.1, -0.05) is 5.16 Å². The molecule has 0 saturated heterocycles. The highest BCUT2D eigenvalue weighted by molar-refractivity contribution is 9.10. The van der Waals surface area contributed by atoms with Crippen LogP contribution in [0.1, 0.15) is 12.7 Å². The maximum atomic E-state index is 5.38. The first-order valence-corrected chi connectivity index (χ1v) is 7.06. The molecule has 3 rings (SSSR count). The minimum atomic E-state index is 0.228. The lowest BCUT2D eigenvalue weighted by atomic mass is 10.2. The van der Waals surface area contributed by atoms with Crippen molar-refractivity contribution in [3.63, 3.8) is 0 Å². The quantitative estimate of drug-likeness (QED) is 0.922. The molecule has 1 aromatic heterocycles. The van der Waals surface area contributed by atoms with Gasteiger partial charge in [-0.05, 0) is 42.0 Å². The monoisotopic (exact) mass is 339 g/mol. The first-order valence-electron chi connectivity index (χ1n) is 6.26. The van der Waals surface area contributed by atoms with Gasteiger partial charge in [0.15, 0.2) is 17.3 Å². The van der Waals surface area contributed by atoms with Crippen LogP contribution in [-0.2, 0) is 6.42 Å². The Morgan fingerprint density at radius 2 is 2.25 bits per heavy atom. The van der Waals surface area contributed by atoms with Crippen LogP contribution in [0.15, 0.2) is 21.1 Å². The van der Waals surface area contributed by atoms with Gasteiger partial charge in [0.2, 0.25) is 6.79 Å². The summed E-state index contributed by atoms with van der Waals surface area (Å²) in [7, 11) is 1.90. The number of halogens is 1. The second kappa shape index (κ2) is 5.41. The van der Waals surface area contributed by atoms with E-state index >= 15 is 0 Å². The molecular weight excluding hydrogens is 326 g/mol. The van der Waals surface area contributed by atoms with Crippen LogP contribution < -0.4 is 14.8 Å². The third-order valence-electron chi connectivity index (χ3n) is 3.12. The van der Waals surface area contributed by atoms with Gasteiger partial charge in [-0.2, -0.15) is 4.98 Å². The molecule has 0 saturated carbocycles. The molecule has 0 aliphatic carbocycles. The molecule has 1 N–H and O–H groups in total. The van der Waals surface area contributed by atoms with Gasteiger partial charge in [0.05, 0.1) is 4.47 Å². The van der Waals surface area contributed by atoms with Gasteiger partial charge in [0.25, 0.3) is 5.89 Å². The molecule has 1 aromatic carbocycles. The number of fused-ring (bicyclic) bond motifs is 1. The van der Waals surface area contributed by atoms with Gasteiger partial charge in [-0.15, -0.1) is 0 Å². The highest BCUT2D eigenvalue weighted by atomic mass is 79.9. The van der Waals surface area contributed by atoms with Crippen LogP contribution in [-0.4, -0.2) is 30.0 Å². The summed E-state index contributed by atoms with van der Waals surface area (Å²) < 4.78 is 16.8. The van der Waals surface area contributed by atoms with Crippen LogP contribution in [0.2, 0.25) is 0 Å². The highest BCUT2D eigenvalue weighted by Crippen LogP contribution is 2.42. The van der Waals surface area contributed by atoms with E-state index in [-0.39, 0.29) is 6.79 Å². The predicted molar refractivity (Wildman–Crippen MR) is 75.8 cm³/mol. The Kier molecular flexibility index (Phi) is 3.62. The van der Waals surface area contributed by atoms with E-state index in [1.165, 1.54) is 0 Å². The Labute approximate surface area is 124 Å². The summed E-state index contributed by atoms with van der Waals surface area (Å²) in [6.07, 6.45) is 0.714. The zero-order valence-electron chi connectivity index (χ0n) is 11.1. The van der Waals surface area contributed by atoms with E-state index in [0.717, 1.165) is 10.0 Å². The van der Waals surface area contributed by atoms with Crippen molar-refractivity contribution < 1.29 is 14.0 Å². The maximum absolute atomic E-state index is 5.38. The summed E-state index contributed by atoms with van der Waals surface area (Å²) in [6, 6.07) is 4.02. The number of likely N-dealkylation sites (N-methyl/N-ethyl adjacent to an activating group) is 1. The molecule has 20 heavy (non-hydrogen) atoms. The van der Waals surface area contributed by atoms with Gasteiger partial charge in [-0.3, -0.25) is 0 Å². The Bertz CT molecular complexity index is 629. The second-order valence-electron chi connectivity index (χ2n) is 4.60. The lowest BCUT2D eigenvalue weighted by molar-refractivity contribution is 0.173. The molecule has 2 aromatic rings. The molecule has 0 radical (unpaired) electrons. The van der Waals surface area contributed by atoms with Gasteiger partial charge in [-0.25, -0.2) is 0 Å². The van der Waals surface area contributed by atoms with E-state index in [1.807, 2.05) is 19.2 Å². The number of aromatic nitrogens is 2. The summed E-state index contributed by atoms with van der Waals surface area (Å²) >= 11 is 3.45. The van der Waals surface area contributed by atoms with Crippen molar-refractivity contribution >= 4 is 15.9 Å². The van der Waals surface area contributed by atoms with Crippen LogP contribution in [0.25, 0.3) is 11.5 Å². The van der Waals surface area contributed by atoms with Gasteiger partial charge < -0.3 is 19.3 Å². The van der Waals surface area contributed by atoms with Crippen molar-refractivity contribution in [1.29, 1.82) is 0 Å². The molecule has 1 unspecified atom stereocenters. The highest BCUT2D eigenvalue weighted by Gasteiger charge is 2.20. The Balaban J connectivity index is 1.88. The summed E-state index contributed by atoms with van der Waals surface area (Å²) in [6.45, 7) is 2.29. The fraction of sp³-hybridized carbons (Fsp3) is 0.385. The average Bonchev–Trinajstić information content (AvgIpc) is 3.07. The molecule has 6 nitrogen and oxygen atoms in total. The topological polar surface area (TPSA) is 69.4 Å². The molecule has 7 heteroatoms. The maximum Gasteiger partial charge on any atom is 0.258 e. The fourth-order valence-electron chi connectivity index (χ4n) is 1.92. The van der Waals surface area contributed by atoms with E-state index in [2.05, 4.69) is 38.3 Å². The third kappa shape index (κ3) is 2.51. The van der Waals surface area contributed by atoms with E-state index in [4.69, 9.17) is 14.0 Å². The number of rotatable bonds is 4. The molecule has 1 aliphatic heterocycles. The summed E-state index contributed by atoms with van der Waals surface area (Å²) in [5, 5.41) is 7.13. The summed E-state index contributed by atoms with van der Waals surface area (Å²) in [5.41, 5.74) is 0.803. The largest absolute Gasteiger partial charge is 0.454 e. The molecular formula is C13H14BrN3O3. The lowest BCUT2D eigenvalue weighted by Gasteiger charge is -2.04. The molecule has 0 amide bonds. The zero-order chi connectivity index (χ0) is 14.1. The number of nitrogens with zero attached hydrogens (tertiary/aromatic N) is 2. The van der Waals surface area contributed by atoms with Crippen molar-refractivity contribution in [2.45, 2.75) is 19.4 Å². The number of ether oxygens (including phenoxy) is 2. The zero-order valence-corrected chi connectivity index (χ0v) is 12.7. The van der Waals surface area contributed by atoms with E-state index in [9.17, 15) is 0 Å². The Hall–Kier alpha value is -1.60. The van der Waals surface area contributed by atoms with Crippen molar-refractivity contribution in [2.75, 3.05) is 13.8 Å². The lowest BCUT2D eigenvalue weighted by Crippen LogP contribution is -2.24. The van der Waals surface area contributed by atoms with Crippen molar-refractivity contribution in [2.24, 2.45) is 0 Å². The third-order valence-corrected chi connectivity index (χ3v) is 3.71. The van der Waals surface area contributed by atoms with Crippen LogP contribution in [0.5, 0.6) is 11.5 Å². The van der Waals surface area contributed by atoms with Crippen LogP contribution in [0, 0.1) is 0 Å². The van der Waals surface area contributed by atoms with E-state index in [0.29, 0.717) is 35.7 Å². The smallest absolute Gasteiger partial charge is 0.258 e. The normalized spacial score (nSPS) is 14.6. The molecule has 0 bridgehead atoms. The van der Waals surface area contributed by atoms with Gasteiger partial charge in [0.1, 0.15) is 0 Å². The minimum Gasteiger partial charge on any atom is -0.454 e. The van der Waals surface area contributed by atoms with Crippen LogP contribution in [0.4, 0.5) is 0 Å². The Morgan fingerprint density at radius 3 is 3.05 bits per heavy atom. The van der Waals surface area contributed by atoms with E-state index in [1.54, 1.807) is 0 Å².